The van der Waals surface area contributed by atoms with Crippen LogP contribution in [-0.4, -0.2) is 5.97 Å². The van der Waals surface area contributed by atoms with Crippen LogP contribution in [0.3, 0.4) is 0 Å². The zero-order chi connectivity index (χ0) is 7.28. The summed E-state index contributed by atoms with van der Waals surface area (Å²) in [5.41, 5.74) is 0.410. The zero-order valence-corrected chi connectivity index (χ0v) is 8.68. The van der Waals surface area contributed by atoms with Crippen molar-refractivity contribution in [1.29, 1.82) is 0 Å². The third-order valence-electron chi connectivity index (χ3n) is 0.660. The van der Waals surface area contributed by atoms with Crippen molar-refractivity contribution >= 4 is 5.97 Å². The maximum absolute atomic E-state index is 10.5. The maximum atomic E-state index is 10.5. The van der Waals surface area contributed by atoms with Gasteiger partial charge in [-0.1, -0.05) is 12.7 Å². The van der Waals surface area contributed by atoms with E-state index < -0.39 is 0 Å². The number of allylic oxidation sites excluding steroid dienone is 1. The number of carbonyl (C=O) groups excluding carboxylic acids is 1. The van der Waals surface area contributed by atoms with E-state index in [4.69, 9.17) is 0 Å². The molecule has 0 fully saturated rings. The molecule has 0 amide bonds. The molecular formula is C7H11NaO2. The molecule has 0 rings (SSSR count). The molecule has 10 heavy (non-hydrogen) atoms. The molecule has 0 atom stereocenters. The van der Waals surface area contributed by atoms with Gasteiger partial charge in [0.05, 0.1) is 6.26 Å². The number of hydrogen-bond acceptors (Lipinski definition) is 2. The molecule has 0 radical (unpaired) electrons. The third kappa shape index (κ3) is 6.08. The van der Waals surface area contributed by atoms with E-state index in [1.165, 1.54) is 6.26 Å². The second-order valence-corrected chi connectivity index (χ2v) is 1.66. The second kappa shape index (κ2) is 7.06. The van der Waals surface area contributed by atoms with Crippen molar-refractivity contribution in [2.75, 3.05) is 0 Å². The summed E-state index contributed by atoms with van der Waals surface area (Å²) in [6.07, 6.45) is 2.97. The van der Waals surface area contributed by atoms with Gasteiger partial charge in [0.2, 0.25) is 0 Å². The monoisotopic (exact) mass is 150 g/mol. The van der Waals surface area contributed by atoms with E-state index in [0.717, 1.165) is 0 Å². The third-order valence-corrected chi connectivity index (χ3v) is 0.660. The number of carbonyl (C=O) groups is 1. The van der Waals surface area contributed by atoms with Crippen molar-refractivity contribution in [3.8, 4) is 0 Å². The van der Waals surface area contributed by atoms with Crippen molar-refractivity contribution in [1.82, 2.24) is 0 Å². The molecule has 0 unspecified atom stereocenters. The average Bonchev–Trinajstić information content (AvgIpc) is 1.82. The minimum Gasteiger partial charge on any atom is -1.00 e. The van der Waals surface area contributed by atoms with Crippen LogP contribution in [0.2, 0.25) is 0 Å². The van der Waals surface area contributed by atoms with Crippen molar-refractivity contribution < 1.29 is 40.5 Å². The summed E-state index contributed by atoms with van der Waals surface area (Å²) in [5, 5.41) is 0. The summed E-state index contributed by atoms with van der Waals surface area (Å²) in [5.74, 6) is -0.381. The van der Waals surface area contributed by atoms with Gasteiger partial charge < -0.3 is 6.16 Å². The molecule has 0 N–H and O–H groups in total. The van der Waals surface area contributed by atoms with E-state index in [2.05, 4.69) is 11.3 Å². The molecule has 3 heteroatoms. The fraction of sp³-hybridized carbons (Fsp3) is 0.286. The molecular weight excluding hydrogens is 139 g/mol. The van der Waals surface area contributed by atoms with Crippen molar-refractivity contribution in [2.45, 2.75) is 13.8 Å². The summed E-state index contributed by atoms with van der Waals surface area (Å²) in [4.78, 5) is 10.5. The van der Waals surface area contributed by atoms with Crippen LogP contribution in [0, 0.1) is 0 Å². The van der Waals surface area contributed by atoms with Crippen LogP contribution in [0.4, 0.5) is 0 Å². The van der Waals surface area contributed by atoms with Crippen LogP contribution in [0.5, 0.6) is 0 Å². The van der Waals surface area contributed by atoms with Gasteiger partial charge in [-0.3, -0.25) is 0 Å². The quantitative estimate of drug-likeness (QED) is 0.213. The fourth-order valence-electron chi connectivity index (χ4n) is 0.230. The maximum Gasteiger partial charge on any atom is 1.00 e. The smallest absolute Gasteiger partial charge is 1.00 e. The molecule has 52 valence electrons. The molecule has 0 aliphatic heterocycles. The van der Waals surface area contributed by atoms with Crippen LogP contribution >= 0.6 is 0 Å². The summed E-state index contributed by atoms with van der Waals surface area (Å²) in [6.45, 7) is 6.77. The Hall–Kier alpha value is -0.0500. The first-order valence-corrected chi connectivity index (χ1v) is 2.66. The Morgan fingerprint density at radius 3 is 2.50 bits per heavy atom. The number of rotatable bonds is 2. The van der Waals surface area contributed by atoms with Crippen molar-refractivity contribution in [2.24, 2.45) is 0 Å². The van der Waals surface area contributed by atoms with Gasteiger partial charge in [0.25, 0.3) is 0 Å². The first-order valence-electron chi connectivity index (χ1n) is 2.66. The van der Waals surface area contributed by atoms with Crippen LogP contribution in [0.15, 0.2) is 24.5 Å². The van der Waals surface area contributed by atoms with Crippen LogP contribution < -0.4 is 29.6 Å². The summed E-state index contributed by atoms with van der Waals surface area (Å²) < 4.78 is 4.53. The second-order valence-electron chi connectivity index (χ2n) is 1.66. The Morgan fingerprint density at radius 1 is 1.70 bits per heavy atom. The van der Waals surface area contributed by atoms with E-state index >= 15 is 0 Å². The Kier molecular flexibility index (Phi) is 8.91. The van der Waals surface area contributed by atoms with Gasteiger partial charge in [-0.15, -0.1) is 0 Å². The van der Waals surface area contributed by atoms with Gasteiger partial charge in [-0.2, -0.15) is 0 Å². The molecule has 0 saturated heterocycles. The molecule has 0 aliphatic carbocycles. The molecule has 0 aliphatic rings. The molecule has 0 aromatic heterocycles. The summed E-state index contributed by atoms with van der Waals surface area (Å²) in [6, 6.07) is 0. The average molecular weight is 150 g/mol. The Bertz CT molecular complexity index is 155. The normalized spacial score (nSPS) is 8.60. The van der Waals surface area contributed by atoms with Crippen molar-refractivity contribution in [3.63, 3.8) is 0 Å². The molecule has 0 spiro atoms. The minimum atomic E-state index is -0.381. The largest absolute Gasteiger partial charge is 1.00 e. The van der Waals surface area contributed by atoms with Crippen LogP contribution in [0.25, 0.3) is 0 Å². The Morgan fingerprint density at radius 2 is 2.20 bits per heavy atom. The summed E-state index contributed by atoms with van der Waals surface area (Å²) >= 11 is 0. The first kappa shape index (κ1) is 12.6. The van der Waals surface area contributed by atoms with E-state index in [-0.39, 0.29) is 37.0 Å². The summed E-state index contributed by atoms with van der Waals surface area (Å²) in [7, 11) is 0. The molecule has 2 nitrogen and oxygen atoms in total. The molecule has 0 aromatic rings. The molecule has 0 bridgehead atoms. The van der Waals surface area contributed by atoms with Crippen LogP contribution in [-0.2, 0) is 9.53 Å². The van der Waals surface area contributed by atoms with E-state index in [1.807, 2.05) is 0 Å². The minimum absolute atomic E-state index is 0. The molecule has 0 aromatic carbocycles. The zero-order valence-electron chi connectivity index (χ0n) is 7.68. The van der Waals surface area contributed by atoms with E-state index in [0.29, 0.717) is 5.57 Å². The van der Waals surface area contributed by atoms with Crippen molar-refractivity contribution in [3.05, 3.63) is 24.5 Å². The topological polar surface area (TPSA) is 26.3 Å². The SMILES string of the molecule is C=C(C)C(=O)OC=CC.[H-].[Na+]. The Labute approximate surface area is 84.7 Å². The van der Waals surface area contributed by atoms with Gasteiger partial charge in [-0.25, -0.2) is 4.79 Å². The number of esters is 1. The molecule has 0 saturated carbocycles. The molecule has 0 heterocycles. The number of ether oxygens (including phenoxy) is 1. The predicted molar refractivity (Wildman–Crippen MR) is 36.8 cm³/mol. The van der Waals surface area contributed by atoms with Gasteiger partial charge in [0.15, 0.2) is 0 Å². The van der Waals surface area contributed by atoms with Gasteiger partial charge in [-0.05, 0) is 13.8 Å². The van der Waals surface area contributed by atoms with Crippen LogP contribution in [0.1, 0.15) is 15.3 Å². The Balaban J connectivity index is -0.000000320. The first-order chi connectivity index (χ1) is 4.18. The van der Waals surface area contributed by atoms with E-state index in [1.54, 1.807) is 19.9 Å². The predicted octanol–water partition coefficient (Wildman–Crippen LogP) is -1.24. The standard InChI is InChI=1S/C7H10O2.Na.H/c1-4-5-9-7(8)6(2)3;;/h4-5H,2H2,1,3H3;;/q;+1;-1. The number of hydrogen-bond donors (Lipinski definition) is 0. The van der Waals surface area contributed by atoms with Gasteiger partial charge >= 0.3 is 35.5 Å². The van der Waals surface area contributed by atoms with Gasteiger partial charge in [0, 0.05) is 5.57 Å². The van der Waals surface area contributed by atoms with E-state index in [9.17, 15) is 4.79 Å². The fourth-order valence-corrected chi connectivity index (χ4v) is 0.230. The van der Waals surface area contributed by atoms with Gasteiger partial charge in [0.1, 0.15) is 0 Å².